The molecule has 56 valence electrons. The van der Waals surface area contributed by atoms with Gasteiger partial charge in [0.25, 0.3) is 0 Å². The first-order chi connectivity index (χ1) is 4.73. The normalized spacial score (nSPS) is 51.0. The van der Waals surface area contributed by atoms with Gasteiger partial charge in [0.1, 0.15) is 0 Å². The lowest BCUT2D eigenvalue weighted by Gasteiger charge is -2.48. The molecule has 0 amide bonds. The Morgan fingerprint density at radius 3 is 1.30 bits per heavy atom. The van der Waals surface area contributed by atoms with Crippen LogP contribution in [0.2, 0.25) is 0 Å². The molecule has 0 aromatic rings. The Morgan fingerprint density at radius 2 is 1.10 bits per heavy atom. The number of halogens is 2. The van der Waals surface area contributed by atoms with Crippen molar-refractivity contribution in [3.8, 4) is 0 Å². The van der Waals surface area contributed by atoms with Crippen molar-refractivity contribution in [3.05, 3.63) is 0 Å². The predicted molar refractivity (Wildman–Crippen MR) is 42.6 cm³/mol. The predicted octanol–water partition coefficient (Wildman–Crippen LogP) is 2.78. The van der Waals surface area contributed by atoms with Gasteiger partial charge in [0, 0.05) is 0 Å². The van der Waals surface area contributed by atoms with E-state index in [9.17, 15) is 0 Å². The van der Waals surface area contributed by atoms with E-state index >= 15 is 0 Å². The molecule has 3 rings (SSSR count). The highest BCUT2D eigenvalue weighted by Crippen LogP contribution is 2.83. The molecule has 3 aliphatic carbocycles. The quantitative estimate of drug-likeness (QED) is 0.499. The van der Waals surface area contributed by atoms with Crippen molar-refractivity contribution in [1.82, 2.24) is 0 Å². The molecular formula is C8H10Cl2. The zero-order valence-corrected chi connectivity index (χ0v) is 7.25. The van der Waals surface area contributed by atoms with E-state index in [4.69, 9.17) is 23.2 Å². The third-order valence-corrected chi connectivity index (χ3v) is 5.35. The number of alkyl halides is 2. The van der Waals surface area contributed by atoms with Crippen molar-refractivity contribution in [2.24, 2.45) is 10.8 Å². The Bertz CT molecular complexity index is 169. The first-order valence-corrected chi connectivity index (χ1v) is 4.88. The molecule has 0 aromatic heterocycles. The molecule has 3 saturated carbocycles. The number of hydrogen-bond donors (Lipinski definition) is 0. The van der Waals surface area contributed by atoms with Gasteiger partial charge in [-0.2, -0.15) is 0 Å². The summed E-state index contributed by atoms with van der Waals surface area (Å²) in [4.78, 5) is 0. The van der Waals surface area contributed by atoms with Crippen molar-refractivity contribution < 1.29 is 0 Å². The van der Waals surface area contributed by atoms with Crippen LogP contribution in [0.25, 0.3) is 0 Å². The lowest BCUT2D eigenvalue weighted by atomic mass is 9.66. The summed E-state index contributed by atoms with van der Waals surface area (Å²) < 4.78 is 0. The van der Waals surface area contributed by atoms with Gasteiger partial charge >= 0.3 is 0 Å². The third-order valence-electron chi connectivity index (χ3n) is 3.88. The fourth-order valence-corrected chi connectivity index (χ4v) is 4.18. The van der Waals surface area contributed by atoms with Crippen LogP contribution in [0.5, 0.6) is 0 Å². The maximum Gasteiger partial charge on any atom is 0.0567 e. The zero-order chi connectivity index (χ0) is 6.98. The second kappa shape index (κ2) is 1.38. The first-order valence-electron chi connectivity index (χ1n) is 4.01. The van der Waals surface area contributed by atoms with Gasteiger partial charge in [-0.05, 0) is 36.5 Å². The molecule has 0 N–H and O–H groups in total. The van der Waals surface area contributed by atoms with Crippen LogP contribution < -0.4 is 0 Å². The molecule has 0 aromatic carbocycles. The SMILES string of the molecule is Cl[C@@H]1[C@H](Cl)C2(CC2)C12CC2. The van der Waals surface area contributed by atoms with Crippen LogP contribution in [0.1, 0.15) is 25.7 Å². The highest BCUT2D eigenvalue weighted by atomic mass is 35.5. The van der Waals surface area contributed by atoms with Gasteiger partial charge in [-0.1, -0.05) is 0 Å². The molecule has 3 fully saturated rings. The average molecular weight is 177 g/mol. The van der Waals surface area contributed by atoms with Crippen LogP contribution in [0.15, 0.2) is 0 Å². The molecule has 2 spiro atoms. The van der Waals surface area contributed by atoms with Gasteiger partial charge in [0.05, 0.1) is 10.8 Å². The van der Waals surface area contributed by atoms with E-state index in [0.29, 0.717) is 21.6 Å². The van der Waals surface area contributed by atoms with Gasteiger partial charge in [0.2, 0.25) is 0 Å². The Hall–Kier alpha value is 0.580. The lowest BCUT2D eigenvalue weighted by Crippen LogP contribution is -2.53. The summed E-state index contributed by atoms with van der Waals surface area (Å²) >= 11 is 12.3. The smallest absolute Gasteiger partial charge is 0.0567 e. The number of hydrogen-bond acceptors (Lipinski definition) is 0. The van der Waals surface area contributed by atoms with Crippen LogP contribution in [0.3, 0.4) is 0 Å². The topological polar surface area (TPSA) is 0 Å². The summed E-state index contributed by atoms with van der Waals surface area (Å²) in [5.74, 6) is 0. The Labute approximate surface area is 70.9 Å². The molecule has 2 atom stereocenters. The van der Waals surface area contributed by atoms with Crippen molar-refractivity contribution >= 4 is 23.2 Å². The maximum atomic E-state index is 6.15. The summed E-state index contributed by atoms with van der Waals surface area (Å²) in [6.45, 7) is 0. The molecule has 3 aliphatic rings. The number of rotatable bonds is 0. The van der Waals surface area contributed by atoms with E-state index in [0.717, 1.165) is 0 Å². The van der Waals surface area contributed by atoms with Crippen molar-refractivity contribution in [1.29, 1.82) is 0 Å². The van der Waals surface area contributed by atoms with Gasteiger partial charge in [0.15, 0.2) is 0 Å². The second-order valence-electron chi connectivity index (χ2n) is 4.12. The molecule has 0 bridgehead atoms. The molecule has 0 aliphatic heterocycles. The van der Waals surface area contributed by atoms with Crippen LogP contribution in [-0.2, 0) is 0 Å². The average Bonchev–Trinajstić information content (AvgIpc) is 2.74. The molecule has 0 saturated heterocycles. The van der Waals surface area contributed by atoms with Gasteiger partial charge in [-0.15, -0.1) is 23.2 Å². The summed E-state index contributed by atoms with van der Waals surface area (Å²) in [6, 6.07) is 0. The van der Waals surface area contributed by atoms with Crippen molar-refractivity contribution in [2.45, 2.75) is 36.4 Å². The highest BCUT2D eigenvalue weighted by Gasteiger charge is 2.80. The van der Waals surface area contributed by atoms with Crippen LogP contribution in [0, 0.1) is 10.8 Å². The van der Waals surface area contributed by atoms with Gasteiger partial charge < -0.3 is 0 Å². The minimum absolute atomic E-state index is 0.302. The summed E-state index contributed by atoms with van der Waals surface area (Å²) in [6.07, 6.45) is 5.41. The zero-order valence-electron chi connectivity index (χ0n) is 5.74. The third kappa shape index (κ3) is 0.389. The van der Waals surface area contributed by atoms with E-state index in [2.05, 4.69) is 0 Å². The summed E-state index contributed by atoms with van der Waals surface area (Å²) in [5.41, 5.74) is 1.09. The molecule has 0 heterocycles. The van der Waals surface area contributed by atoms with Crippen molar-refractivity contribution in [3.63, 3.8) is 0 Å². The fraction of sp³-hybridized carbons (Fsp3) is 1.00. The van der Waals surface area contributed by atoms with Gasteiger partial charge in [-0.3, -0.25) is 0 Å². The molecule has 2 heteroatoms. The molecule has 0 unspecified atom stereocenters. The highest BCUT2D eigenvalue weighted by molar-refractivity contribution is 6.33. The first kappa shape index (κ1) is 6.14. The Kier molecular flexibility index (Phi) is 0.849. The van der Waals surface area contributed by atoms with Crippen LogP contribution in [0.4, 0.5) is 0 Å². The molecule has 0 radical (unpaired) electrons. The largest absolute Gasteiger partial charge is 0.121 e. The van der Waals surface area contributed by atoms with Gasteiger partial charge in [-0.25, -0.2) is 0 Å². The number of fused-ring (bicyclic) bond motifs is 1. The molecule has 0 nitrogen and oxygen atoms in total. The second-order valence-corrected chi connectivity index (χ2v) is 5.06. The van der Waals surface area contributed by atoms with E-state index in [1.165, 1.54) is 25.7 Å². The molecular weight excluding hydrogens is 167 g/mol. The maximum absolute atomic E-state index is 6.15. The van der Waals surface area contributed by atoms with Crippen molar-refractivity contribution in [2.75, 3.05) is 0 Å². The van der Waals surface area contributed by atoms with E-state index < -0.39 is 0 Å². The summed E-state index contributed by atoms with van der Waals surface area (Å²) in [7, 11) is 0. The van der Waals surface area contributed by atoms with E-state index in [1.807, 2.05) is 0 Å². The Balaban J connectivity index is 1.98. The summed E-state index contributed by atoms with van der Waals surface area (Å²) in [5, 5.41) is 0.605. The van der Waals surface area contributed by atoms with E-state index in [-0.39, 0.29) is 0 Å². The van der Waals surface area contributed by atoms with Crippen LogP contribution in [-0.4, -0.2) is 10.8 Å². The monoisotopic (exact) mass is 176 g/mol. The molecule has 10 heavy (non-hydrogen) atoms. The standard InChI is InChI=1S/C8H10Cl2/c9-5-6(10)8(3-4-8)7(5)1-2-7/h5-6H,1-4H2/t5-,6+. The minimum Gasteiger partial charge on any atom is -0.121 e. The fourth-order valence-electron chi connectivity index (χ4n) is 2.83. The minimum atomic E-state index is 0.302. The van der Waals surface area contributed by atoms with Crippen LogP contribution >= 0.6 is 23.2 Å². The Morgan fingerprint density at radius 1 is 0.800 bits per heavy atom. The van der Waals surface area contributed by atoms with E-state index in [1.54, 1.807) is 0 Å². The lowest BCUT2D eigenvalue weighted by molar-refractivity contribution is 0.137.